The van der Waals surface area contributed by atoms with E-state index in [1.165, 1.54) is 0 Å². The van der Waals surface area contributed by atoms with Crippen LogP contribution in [0, 0.1) is 0 Å². The molecular formula is C11H17NO3. The summed E-state index contributed by atoms with van der Waals surface area (Å²) in [6, 6.07) is 1.65. The third-order valence-electron chi connectivity index (χ3n) is 2.30. The third kappa shape index (κ3) is 3.40. The van der Waals surface area contributed by atoms with Crippen LogP contribution in [0.5, 0.6) is 0 Å². The molecule has 1 heterocycles. The van der Waals surface area contributed by atoms with Gasteiger partial charge in [0.05, 0.1) is 19.1 Å². The molecule has 1 aromatic heterocycles. The van der Waals surface area contributed by atoms with Crippen LogP contribution in [0.1, 0.15) is 19.4 Å². The van der Waals surface area contributed by atoms with Crippen molar-refractivity contribution < 1.29 is 13.9 Å². The zero-order valence-corrected chi connectivity index (χ0v) is 9.40. The molecule has 0 N–H and O–H groups in total. The number of nitrogens with zero attached hydrogens (tertiary/aromatic N) is 1. The Morgan fingerprint density at radius 3 is 2.93 bits per heavy atom. The third-order valence-corrected chi connectivity index (χ3v) is 2.30. The lowest BCUT2D eigenvalue weighted by Crippen LogP contribution is -2.36. The highest BCUT2D eigenvalue weighted by molar-refractivity contribution is 5.75. The van der Waals surface area contributed by atoms with Gasteiger partial charge in [0.2, 0.25) is 0 Å². The number of furan rings is 1. The molecular weight excluding hydrogens is 194 g/mol. The van der Waals surface area contributed by atoms with E-state index in [2.05, 4.69) is 0 Å². The Bertz CT molecular complexity index is 295. The lowest BCUT2D eigenvalue weighted by atomic mass is 10.2. The summed E-state index contributed by atoms with van der Waals surface area (Å²) in [6.45, 7) is 4.73. The highest BCUT2D eigenvalue weighted by Gasteiger charge is 2.19. The smallest absolute Gasteiger partial charge is 0.323 e. The predicted octanol–water partition coefficient (Wildman–Crippen LogP) is 1.66. The average Bonchev–Trinajstić information content (AvgIpc) is 2.69. The van der Waals surface area contributed by atoms with Crippen LogP contribution in [0.25, 0.3) is 0 Å². The van der Waals surface area contributed by atoms with Gasteiger partial charge in [0.1, 0.15) is 6.04 Å². The van der Waals surface area contributed by atoms with Crippen molar-refractivity contribution in [2.24, 2.45) is 0 Å². The predicted molar refractivity (Wildman–Crippen MR) is 56.3 cm³/mol. The summed E-state index contributed by atoms with van der Waals surface area (Å²) >= 11 is 0. The van der Waals surface area contributed by atoms with E-state index in [0.717, 1.165) is 5.56 Å². The van der Waals surface area contributed by atoms with Crippen molar-refractivity contribution in [3.8, 4) is 0 Å². The number of esters is 1. The van der Waals surface area contributed by atoms with Crippen molar-refractivity contribution >= 4 is 5.97 Å². The largest absolute Gasteiger partial charge is 0.472 e. The van der Waals surface area contributed by atoms with Crippen molar-refractivity contribution in [1.29, 1.82) is 0 Å². The first-order valence-corrected chi connectivity index (χ1v) is 5.03. The molecule has 1 unspecified atom stereocenters. The molecule has 0 bridgehead atoms. The average molecular weight is 211 g/mol. The minimum Gasteiger partial charge on any atom is -0.472 e. The molecule has 0 aromatic carbocycles. The summed E-state index contributed by atoms with van der Waals surface area (Å²) in [4.78, 5) is 13.3. The van der Waals surface area contributed by atoms with Crippen molar-refractivity contribution in [3.05, 3.63) is 24.2 Å². The zero-order valence-electron chi connectivity index (χ0n) is 9.40. The second kappa shape index (κ2) is 5.56. The minimum atomic E-state index is -0.236. The fraction of sp³-hybridized carbons (Fsp3) is 0.545. The number of hydrogen-bond donors (Lipinski definition) is 0. The lowest BCUT2D eigenvalue weighted by Gasteiger charge is -2.22. The SMILES string of the molecule is CCOC(=O)C(C)N(C)Cc1ccoc1. The second-order valence-electron chi connectivity index (χ2n) is 3.47. The van der Waals surface area contributed by atoms with Crippen LogP contribution < -0.4 is 0 Å². The number of likely N-dealkylation sites (N-methyl/N-ethyl adjacent to an activating group) is 1. The van der Waals surface area contributed by atoms with Crippen molar-refractivity contribution in [2.75, 3.05) is 13.7 Å². The Morgan fingerprint density at radius 1 is 1.67 bits per heavy atom. The Morgan fingerprint density at radius 2 is 2.40 bits per heavy atom. The maximum absolute atomic E-state index is 11.4. The summed E-state index contributed by atoms with van der Waals surface area (Å²) < 4.78 is 9.90. The van der Waals surface area contributed by atoms with E-state index in [1.807, 2.05) is 24.9 Å². The summed E-state index contributed by atoms with van der Waals surface area (Å²) in [5.74, 6) is -0.191. The topological polar surface area (TPSA) is 42.7 Å². The van der Waals surface area contributed by atoms with E-state index >= 15 is 0 Å². The monoisotopic (exact) mass is 211 g/mol. The summed E-state index contributed by atoms with van der Waals surface area (Å²) in [6.07, 6.45) is 3.30. The van der Waals surface area contributed by atoms with Gasteiger partial charge in [-0.15, -0.1) is 0 Å². The van der Waals surface area contributed by atoms with Crippen LogP contribution in [0.4, 0.5) is 0 Å². The molecule has 0 aliphatic carbocycles. The highest BCUT2D eigenvalue weighted by atomic mass is 16.5. The maximum Gasteiger partial charge on any atom is 0.323 e. The summed E-state index contributed by atoms with van der Waals surface area (Å²) in [5, 5.41) is 0. The van der Waals surface area contributed by atoms with E-state index < -0.39 is 0 Å². The van der Waals surface area contributed by atoms with Gasteiger partial charge in [-0.1, -0.05) is 0 Å². The molecule has 4 heteroatoms. The van der Waals surface area contributed by atoms with Gasteiger partial charge >= 0.3 is 5.97 Å². The number of hydrogen-bond acceptors (Lipinski definition) is 4. The molecule has 4 nitrogen and oxygen atoms in total. The summed E-state index contributed by atoms with van der Waals surface area (Å²) in [7, 11) is 1.88. The summed E-state index contributed by atoms with van der Waals surface area (Å²) in [5.41, 5.74) is 1.05. The van der Waals surface area contributed by atoms with E-state index in [0.29, 0.717) is 13.2 Å². The Labute approximate surface area is 89.8 Å². The fourth-order valence-electron chi connectivity index (χ4n) is 1.25. The quantitative estimate of drug-likeness (QED) is 0.695. The number of rotatable bonds is 5. The number of carbonyl (C=O) groups is 1. The van der Waals surface area contributed by atoms with Gasteiger partial charge in [-0.25, -0.2) is 0 Å². The molecule has 84 valence electrons. The molecule has 1 atom stereocenters. The van der Waals surface area contributed by atoms with Crippen LogP contribution in [-0.2, 0) is 16.1 Å². The maximum atomic E-state index is 11.4. The first kappa shape index (κ1) is 11.8. The molecule has 15 heavy (non-hydrogen) atoms. The molecule has 0 radical (unpaired) electrons. The minimum absolute atomic E-state index is 0.191. The van der Waals surface area contributed by atoms with E-state index in [-0.39, 0.29) is 12.0 Å². The van der Waals surface area contributed by atoms with E-state index in [4.69, 9.17) is 9.15 Å². The van der Waals surface area contributed by atoms with Crippen LogP contribution in [0.15, 0.2) is 23.0 Å². The standard InChI is InChI=1S/C11H17NO3/c1-4-15-11(13)9(2)12(3)7-10-5-6-14-8-10/h5-6,8-9H,4,7H2,1-3H3. The van der Waals surface area contributed by atoms with Gasteiger partial charge < -0.3 is 9.15 Å². The van der Waals surface area contributed by atoms with Crippen LogP contribution in [0.2, 0.25) is 0 Å². The Balaban J connectivity index is 2.46. The number of carbonyl (C=O) groups excluding carboxylic acids is 1. The lowest BCUT2D eigenvalue weighted by molar-refractivity contribution is -0.148. The van der Waals surface area contributed by atoms with Gasteiger partial charge in [-0.05, 0) is 27.0 Å². The molecule has 0 fully saturated rings. The number of ether oxygens (including phenoxy) is 1. The fourth-order valence-corrected chi connectivity index (χ4v) is 1.25. The van der Waals surface area contributed by atoms with Gasteiger partial charge in [-0.2, -0.15) is 0 Å². The van der Waals surface area contributed by atoms with E-state index in [9.17, 15) is 4.79 Å². The van der Waals surface area contributed by atoms with Crippen LogP contribution in [0.3, 0.4) is 0 Å². The Kier molecular flexibility index (Phi) is 4.37. The molecule has 1 rings (SSSR count). The van der Waals surface area contributed by atoms with Gasteiger partial charge in [0.15, 0.2) is 0 Å². The van der Waals surface area contributed by atoms with Crippen molar-refractivity contribution in [3.63, 3.8) is 0 Å². The molecule has 0 saturated heterocycles. The molecule has 0 saturated carbocycles. The zero-order chi connectivity index (χ0) is 11.3. The first-order chi connectivity index (χ1) is 7.15. The van der Waals surface area contributed by atoms with E-state index in [1.54, 1.807) is 19.5 Å². The molecule has 0 amide bonds. The molecule has 1 aromatic rings. The van der Waals surface area contributed by atoms with Crippen molar-refractivity contribution in [2.45, 2.75) is 26.4 Å². The van der Waals surface area contributed by atoms with Gasteiger partial charge in [0, 0.05) is 12.1 Å². The highest BCUT2D eigenvalue weighted by Crippen LogP contribution is 2.07. The molecule has 0 aliphatic heterocycles. The van der Waals surface area contributed by atoms with Gasteiger partial charge in [0.25, 0.3) is 0 Å². The van der Waals surface area contributed by atoms with Crippen LogP contribution in [-0.4, -0.2) is 30.6 Å². The first-order valence-electron chi connectivity index (χ1n) is 5.03. The molecule has 0 aliphatic rings. The normalized spacial score (nSPS) is 12.8. The van der Waals surface area contributed by atoms with Crippen LogP contribution >= 0.6 is 0 Å². The van der Waals surface area contributed by atoms with Crippen molar-refractivity contribution in [1.82, 2.24) is 4.90 Å². The van der Waals surface area contributed by atoms with Gasteiger partial charge in [-0.3, -0.25) is 9.69 Å². The second-order valence-corrected chi connectivity index (χ2v) is 3.47. The Hall–Kier alpha value is -1.29. The molecule has 0 spiro atoms.